The summed E-state index contributed by atoms with van der Waals surface area (Å²) in [5.74, 6) is 0.358. The number of carbonyl (C=O) groups excluding carboxylic acids is 3. The first kappa shape index (κ1) is 21.9. The molecule has 6 nitrogen and oxygen atoms in total. The summed E-state index contributed by atoms with van der Waals surface area (Å²) in [6.45, 7) is 7.66. The van der Waals surface area contributed by atoms with Gasteiger partial charge in [0.25, 0.3) is 0 Å². The summed E-state index contributed by atoms with van der Waals surface area (Å²) < 4.78 is 0. The molecule has 3 N–H and O–H groups in total. The van der Waals surface area contributed by atoms with Crippen LogP contribution in [0.4, 0.5) is 11.4 Å². The number of hydrogen-bond acceptors (Lipinski definition) is 3. The molecule has 3 amide bonds. The predicted octanol–water partition coefficient (Wildman–Crippen LogP) is 3.94. The maximum absolute atomic E-state index is 12.9. The smallest absolute Gasteiger partial charge is 0.247 e. The molecule has 1 aliphatic carbocycles. The molecule has 28 heavy (non-hydrogen) atoms. The van der Waals surface area contributed by atoms with E-state index in [1.165, 1.54) is 6.92 Å². The van der Waals surface area contributed by atoms with Crippen molar-refractivity contribution < 1.29 is 14.4 Å². The zero-order chi connectivity index (χ0) is 20.7. The van der Waals surface area contributed by atoms with E-state index in [2.05, 4.69) is 22.9 Å². The van der Waals surface area contributed by atoms with Gasteiger partial charge in [-0.25, -0.2) is 0 Å². The topological polar surface area (TPSA) is 87.3 Å². The Morgan fingerprint density at radius 1 is 1.00 bits per heavy atom. The number of nitrogens with one attached hydrogen (secondary N) is 3. The number of carbonyl (C=O) groups is 3. The van der Waals surface area contributed by atoms with Gasteiger partial charge in [-0.05, 0) is 61.8 Å². The maximum Gasteiger partial charge on any atom is 0.247 e. The first-order valence-corrected chi connectivity index (χ1v) is 10.3. The molecule has 1 fully saturated rings. The fourth-order valence-corrected chi connectivity index (χ4v) is 3.56. The Morgan fingerprint density at radius 2 is 1.54 bits per heavy atom. The van der Waals surface area contributed by atoms with Crippen LogP contribution in [0.15, 0.2) is 24.3 Å². The molecular formula is C22H33N3O3. The minimum Gasteiger partial charge on any atom is -0.344 e. The van der Waals surface area contributed by atoms with E-state index in [9.17, 15) is 14.4 Å². The second-order valence-corrected chi connectivity index (χ2v) is 8.08. The van der Waals surface area contributed by atoms with Gasteiger partial charge in [-0.3, -0.25) is 14.4 Å². The van der Waals surface area contributed by atoms with E-state index >= 15 is 0 Å². The van der Waals surface area contributed by atoms with Crippen molar-refractivity contribution in [2.45, 2.75) is 65.8 Å². The van der Waals surface area contributed by atoms with Gasteiger partial charge in [0.1, 0.15) is 6.04 Å². The van der Waals surface area contributed by atoms with Gasteiger partial charge in [0.05, 0.1) is 0 Å². The summed E-state index contributed by atoms with van der Waals surface area (Å²) in [5, 5.41) is 8.58. The van der Waals surface area contributed by atoms with Crippen molar-refractivity contribution in [1.29, 1.82) is 0 Å². The maximum atomic E-state index is 12.9. The fourth-order valence-electron chi connectivity index (χ4n) is 3.56. The monoisotopic (exact) mass is 387 g/mol. The van der Waals surface area contributed by atoms with Gasteiger partial charge < -0.3 is 16.0 Å². The van der Waals surface area contributed by atoms with Crippen LogP contribution < -0.4 is 16.0 Å². The highest BCUT2D eigenvalue weighted by Gasteiger charge is 2.30. The van der Waals surface area contributed by atoms with Gasteiger partial charge in [0, 0.05) is 24.2 Å². The van der Waals surface area contributed by atoms with Crippen molar-refractivity contribution in [3.63, 3.8) is 0 Å². The molecule has 0 spiro atoms. The van der Waals surface area contributed by atoms with Crippen LogP contribution in [0, 0.1) is 17.8 Å². The summed E-state index contributed by atoms with van der Waals surface area (Å²) in [7, 11) is 0. The van der Waals surface area contributed by atoms with Crippen molar-refractivity contribution in [1.82, 2.24) is 5.32 Å². The molecule has 0 aliphatic heterocycles. The highest BCUT2D eigenvalue weighted by molar-refractivity contribution is 5.98. The average Bonchev–Trinajstić information content (AvgIpc) is 2.67. The quantitative estimate of drug-likeness (QED) is 0.662. The van der Waals surface area contributed by atoms with E-state index in [-0.39, 0.29) is 29.6 Å². The molecule has 0 aromatic heterocycles. The Hall–Kier alpha value is -2.37. The van der Waals surface area contributed by atoms with Crippen LogP contribution >= 0.6 is 0 Å². The van der Waals surface area contributed by atoms with Crippen LogP contribution in [0.25, 0.3) is 0 Å². The lowest BCUT2D eigenvalue weighted by Gasteiger charge is -2.29. The van der Waals surface area contributed by atoms with Crippen LogP contribution in [-0.4, -0.2) is 23.8 Å². The highest BCUT2D eigenvalue weighted by Crippen LogP contribution is 2.28. The average molecular weight is 388 g/mol. The van der Waals surface area contributed by atoms with E-state index in [1.807, 2.05) is 13.8 Å². The number of hydrogen-bond donors (Lipinski definition) is 3. The van der Waals surface area contributed by atoms with E-state index in [0.717, 1.165) is 32.1 Å². The van der Waals surface area contributed by atoms with E-state index < -0.39 is 6.04 Å². The first-order chi connectivity index (χ1) is 13.3. The Kier molecular flexibility index (Phi) is 8.03. The van der Waals surface area contributed by atoms with Crippen LogP contribution in [0.2, 0.25) is 0 Å². The lowest BCUT2D eigenvalue weighted by atomic mass is 9.82. The molecule has 2 rings (SSSR count). The third-order valence-electron chi connectivity index (χ3n) is 5.65. The lowest BCUT2D eigenvalue weighted by Crippen LogP contribution is -2.49. The molecule has 154 valence electrons. The Labute approximate surface area is 167 Å². The molecule has 0 unspecified atom stereocenters. The number of rotatable bonds is 7. The molecule has 6 heteroatoms. The second kappa shape index (κ2) is 10.2. The molecular weight excluding hydrogens is 354 g/mol. The summed E-state index contributed by atoms with van der Waals surface area (Å²) >= 11 is 0. The molecule has 0 saturated heterocycles. The minimum atomic E-state index is -0.563. The van der Waals surface area contributed by atoms with Gasteiger partial charge in [-0.1, -0.05) is 27.2 Å². The van der Waals surface area contributed by atoms with Crippen molar-refractivity contribution in [3.8, 4) is 0 Å². The predicted molar refractivity (Wildman–Crippen MR) is 112 cm³/mol. The number of benzene rings is 1. The zero-order valence-electron chi connectivity index (χ0n) is 17.4. The minimum absolute atomic E-state index is 0.00615. The third kappa shape index (κ3) is 6.36. The lowest BCUT2D eigenvalue weighted by molar-refractivity contribution is -0.131. The van der Waals surface area contributed by atoms with Gasteiger partial charge in [0.15, 0.2) is 0 Å². The van der Waals surface area contributed by atoms with Crippen LogP contribution in [0.1, 0.15) is 59.8 Å². The molecule has 0 bridgehead atoms. The van der Waals surface area contributed by atoms with Crippen LogP contribution in [-0.2, 0) is 14.4 Å². The molecule has 2 atom stereocenters. The Balaban J connectivity index is 2.00. The number of anilines is 2. The Bertz CT molecular complexity index is 679. The third-order valence-corrected chi connectivity index (χ3v) is 5.65. The molecule has 0 heterocycles. The molecule has 1 aromatic rings. The van der Waals surface area contributed by atoms with Gasteiger partial charge >= 0.3 is 0 Å². The summed E-state index contributed by atoms with van der Waals surface area (Å²) in [6.07, 6.45) is 4.72. The SMILES string of the molecule is CC[C@@H](C)[C@@H](NC(=O)C1CCC(C)CC1)C(=O)Nc1ccc(NC(C)=O)cc1. The van der Waals surface area contributed by atoms with Crippen molar-refractivity contribution >= 4 is 29.1 Å². The van der Waals surface area contributed by atoms with Gasteiger partial charge in [-0.2, -0.15) is 0 Å². The molecule has 1 saturated carbocycles. The standard InChI is InChI=1S/C22H33N3O3/c1-5-15(3)20(25-21(27)17-8-6-14(2)7-9-17)22(28)24-19-12-10-18(11-13-19)23-16(4)26/h10-15,17,20H,5-9H2,1-4H3,(H,23,26)(H,24,28)(H,25,27)/t14?,15-,17?,20-/m1/s1. The van der Waals surface area contributed by atoms with Crippen molar-refractivity contribution in [3.05, 3.63) is 24.3 Å². The highest BCUT2D eigenvalue weighted by atomic mass is 16.2. The molecule has 1 aliphatic rings. The van der Waals surface area contributed by atoms with Gasteiger partial charge in [-0.15, -0.1) is 0 Å². The Morgan fingerprint density at radius 3 is 2.04 bits per heavy atom. The van der Waals surface area contributed by atoms with Crippen molar-refractivity contribution in [2.75, 3.05) is 10.6 Å². The van der Waals surface area contributed by atoms with Gasteiger partial charge in [0.2, 0.25) is 17.7 Å². The normalized spacial score (nSPS) is 21.3. The van der Waals surface area contributed by atoms with Crippen LogP contribution in [0.5, 0.6) is 0 Å². The summed E-state index contributed by atoms with van der Waals surface area (Å²) in [5.41, 5.74) is 1.30. The summed E-state index contributed by atoms with van der Waals surface area (Å²) in [6, 6.07) is 6.38. The first-order valence-electron chi connectivity index (χ1n) is 10.3. The second-order valence-electron chi connectivity index (χ2n) is 8.08. The largest absolute Gasteiger partial charge is 0.344 e. The van der Waals surface area contributed by atoms with E-state index in [0.29, 0.717) is 17.3 Å². The van der Waals surface area contributed by atoms with Crippen molar-refractivity contribution in [2.24, 2.45) is 17.8 Å². The van der Waals surface area contributed by atoms with E-state index in [1.54, 1.807) is 24.3 Å². The molecule has 0 radical (unpaired) electrons. The number of amides is 3. The summed E-state index contributed by atoms with van der Waals surface area (Å²) in [4.78, 5) is 36.7. The van der Waals surface area contributed by atoms with E-state index in [4.69, 9.17) is 0 Å². The fraction of sp³-hybridized carbons (Fsp3) is 0.591. The molecule has 1 aromatic carbocycles. The zero-order valence-corrected chi connectivity index (χ0v) is 17.4. The van der Waals surface area contributed by atoms with Crippen LogP contribution in [0.3, 0.4) is 0 Å².